The fourth-order valence-corrected chi connectivity index (χ4v) is 3.41. The van der Waals surface area contributed by atoms with Gasteiger partial charge < -0.3 is 14.4 Å². The summed E-state index contributed by atoms with van der Waals surface area (Å²) in [6, 6.07) is 9.61. The number of hydrogen-bond donors (Lipinski definition) is 0. The lowest BCUT2D eigenvalue weighted by molar-refractivity contribution is -0.149. The van der Waals surface area contributed by atoms with E-state index in [1.165, 1.54) is 0 Å². The third-order valence-corrected chi connectivity index (χ3v) is 4.87. The van der Waals surface area contributed by atoms with E-state index >= 15 is 0 Å². The molecule has 1 fully saturated rings. The largest absolute Gasteiger partial charge is 0.494 e. The molecule has 3 rings (SSSR count). The molecule has 0 unspecified atom stereocenters. The van der Waals surface area contributed by atoms with Crippen molar-refractivity contribution in [3.8, 4) is 16.9 Å². The SMILES string of the molecule is CCOC(=O)C1CCN(C(=O)c2cncc(-c3cccc(OCC)c3)c2)CC1. The van der Waals surface area contributed by atoms with Crippen LogP contribution >= 0.6 is 0 Å². The Kier molecular flexibility index (Phi) is 6.63. The molecule has 28 heavy (non-hydrogen) atoms. The number of likely N-dealkylation sites (tertiary alicyclic amines) is 1. The summed E-state index contributed by atoms with van der Waals surface area (Å²) in [5.74, 6) is 0.456. The average molecular weight is 382 g/mol. The van der Waals surface area contributed by atoms with Crippen LogP contribution in [0.4, 0.5) is 0 Å². The number of aromatic nitrogens is 1. The second-order valence-electron chi connectivity index (χ2n) is 6.74. The van der Waals surface area contributed by atoms with Crippen LogP contribution in [0, 0.1) is 5.92 Å². The van der Waals surface area contributed by atoms with Gasteiger partial charge >= 0.3 is 5.97 Å². The van der Waals surface area contributed by atoms with Crippen molar-refractivity contribution in [1.82, 2.24) is 9.88 Å². The summed E-state index contributed by atoms with van der Waals surface area (Å²) < 4.78 is 10.6. The van der Waals surface area contributed by atoms with Gasteiger partial charge in [-0.3, -0.25) is 14.6 Å². The highest BCUT2D eigenvalue weighted by Crippen LogP contribution is 2.25. The van der Waals surface area contributed by atoms with Crippen molar-refractivity contribution in [3.63, 3.8) is 0 Å². The van der Waals surface area contributed by atoms with E-state index in [0.717, 1.165) is 16.9 Å². The smallest absolute Gasteiger partial charge is 0.309 e. The maximum atomic E-state index is 12.9. The predicted molar refractivity (Wildman–Crippen MR) is 106 cm³/mol. The van der Waals surface area contributed by atoms with Crippen molar-refractivity contribution >= 4 is 11.9 Å². The lowest BCUT2D eigenvalue weighted by Gasteiger charge is -2.31. The van der Waals surface area contributed by atoms with Gasteiger partial charge in [0, 0.05) is 31.0 Å². The van der Waals surface area contributed by atoms with E-state index in [1.54, 1.807) is 24.2 Å². The molecule has 2 heterocycles. The van der Waals surface area contributed by atoms with E-state index in [1.807, 2.05) is 37.3 Å². The Hall–Kier alpha value is -2.89. The van der Waals surface area contributed by atoms with Gasteiger partial charge in [0.05, 0.1) is 24.7 Å². The molecule has 6 nitrogen and oxygen atoms in total. The maximum Gasteiger partial charge on any atom is 0.309 e. The highest BCUT2D eigenvalue weighted by atomic mass is 16.5. The van der Waals surface area contributed by atoms with Gasteiger partial charge in [0.25, 0.3) is 5.91 Å². The number of rotatable bonds is 6. The fraction of sp³-hybridized carbons (Fsp3) is 0.409. The van der Waals surface area contributed by atoms with Gasteiger partial charge in [-0.15, -0.1) is 0 Å². The summed E-state index contributed by atoms with van der Waals surface area (Å²) in [6.07, 6.45) is 4.60. The highest BCUT2D eigenvalue weighted by molar-refractivity contribution is 5.95. The molecule has 0 aliphatic carbocycles. The van der Waals surface area contributed by atoms with E-state index in [4.69, 9.17) is 9.47 Å². The Morgan fingerprint density at radius 1 is 1.07 bits per heavy atom. The third kappa shape index (κ3) is 4.68. The van der Waals surface area contributed by atoms with Crippen LogP contribution in [0.3, 0.4) is 0 Å². The summed E-state index contributed by atoms with van der Waals surface area (Å²) in [4.78, 5) is 30.8. The zero-order chi connectivity index (χ0) is 19.9. The molecule has 6 heteroatoms. The molecule has 0 saturated carbocycles. The first-order valence-electron chi connectivity index (χ1n) is 9.76. The number of benzene rings is 1. The van der Waals surface area contributed by atoms with E-state index in [-0.39, 0.29) is 17.8 Å². The molecule has 0 atom stereocenters. The van der Waals surface area contributed by atoms with Crippen LogP contribution < -0.4 is 4.74 Å². The van der Waals surface area contributed by atoms with Crippen LogP contribution in [0.5, 0.6) is 5.75 Å². The summed E-state index contributed by atoms with van der Waals surface area (Å²) >= 11 is 0. The summed E-state index contributed by atoms with van der Waals surface area (Å²) in [6.45, 7) is 5.83. The number of nitrogens with zero attached hydrogens (tertiary/aromatic N) is 2. The molecular weight excluding hydrogens is 356 g/mol. The molecule has 1 saturated heterocycles. The van der Waals surface area contributed by atoms with E-state index in [9.17, 15) is 9.59 Å². The first-order valence-corrected chi connectivity index (χ1v) is 9.76. The first kappa shape index (κ1) is 19.9. The minimum Gasteiger partial charge on any atom is -0.494 e. The molecule has 1 aromatic heterocycles. The number of amides is 1. The first-order chi connectivity index (χ1) is 13.6. The van der Waals surface area contributed by atoms with Crippen molar-refractivity contribution in [2.45, 2.75) is 26.7 Å². The number of hydrogen-bond acceptors (Lipinski definition) is 5. The summed E-state index contributed by atoms with van der Waals surface area (Å²) in [5.41, 5.74) is 2.37. The Morgan fingerprint density at radius 3 is 2.57 bits per heavy atom. The molecule has 2 aromatic rings. The number of ether oxygens (including phenoxy) is 2. The molecular formula is C22H26N2O4. The van der Waals surface area contributed by atoms with Crippen LogP contribution in [0.25, 0.3) is 11.1 Å². The number of esters is 1. The Bertz CT molecular complexity index is 829. The Labute approximate surface area is 165 Å². The van der Waals surface area contributed by atoms with E-state index < -0.39 is 0 Å². The fourth-order valence-electron chi connectivity index (χ4n) is 3.41. The molecule has 0 N–H and O–H groups in total. The van der Waals surface area contributed by atoms with Crippen LogP contribution in [0.1, 0.15) is 37.0 Å². The molecule has 0 bridgehead atoms. The van der Waals surface area contributed by atoms with Crippen LogP contribution in [0.15, 0.2) is 42.7 Å². The van der Waals surface area contributed by atoms with Crippen molar-refractivity contribution in [3.05, 3.63) is 48.3 Å². The predicted octanol–water partition coefficient (Wildman–Crippen LogP) is 3.56. The molecule has 1 aromatic carbocycles. The Morgan fingerprint density at radius 2 is 1.86 bits per heavy atom. The number of piperidine rings is 1. The lowest BCUT2D eigenvalue weighted by Crippen LogP contribution is -2.40. The molecule has 0 spiro atoms. The molecule has 1 amide bonds. The Balaban J connectivity index is 1.70. The standard InChI is InChI=1S/C22H26N2O4/c1-3-27-20-7-5-6-17(13-20)18-12-19(15-23-14-18)21(25)24-10-8-16(9-11-24)22(26)28-4-2/h5-7,12-16H,3-4,8-11H2,1-2H3. The third-order valence-electron chi connectivity index (χ3n) is 4.87. The lowest BCUT2D eigenvalue weighted by atomic mass is 9.96. The molecule has 0 radical (unpaired) electrons. The minimum absolute atomic E-state index is 0.0578. The summed E-state index contributed by atoms with van der Waals surface area (Å²) in [7, 11) is 0. The minimum atomic E-state index is -0.160. The van der Waals surface area contributed by atoms with Gasteiger partial charge in [-0.25, -0.2) is 0 Å². The van der Waals surface area contributed by atoms with Gasteiger partial charge in [-0.2, -0.15) is 0 Å². The second kappa shape index (κ2) is 9.35. The monoisotopic (exact) mass is 382 g/mol. The molecule has 148 valence electrons. The zero-order valence-electron chi connectivity index (χ0n) is 16.4. The van der Waals surface area contributed by atoms with Gasteiger partial charge in [0.2, 0.25) is 0 Å². The normalized spacial score (nSPS) is 14.6. The second-order valence-corrected chi connectivity index (χ2v) is 6.74. The van der Waals surface area contributed by atoms with Crippen molar-refractivity contribution in [2.24, 2.45) is 5.92 Å². The van der Waals surface area contributed by atoms with Crippen LogP contribution in [0.2, 0.25) is 0 Å². The van der Waals surface area contributed by atoms with Crippen LogP contribution in [-0.2, 0) is 9.53 Å². The zero-order valence-corrected chi connectivity index (χ0v) is 16.4. The van der Waals surface area contributed by atoms with Gasteiger partial charge in [-0.05, 0) is 50.5 Å². The van der Waals surface area contributed by atoms with Crippen molar-refractivity contribution in [1.29, 1.82) is 0 Å². The quantitative estimate of drug-likeness (QED) is 0.715. The average Bonchev–Trinajstić information content (AvgIpc) is 2.74. The number of pyridine rings is 1. The molecule has 1 aliphatic heterocycles. The van der Waals surface area contributed by atoms with E-state index in [0.29, 0.717) is 44.7 Å². The molecule has 1 aliphatic rings. The van der Waals surface area contributed by atoms with Gasteiger partial charge in [-0.1, -0.05) is 12.1 Å². The van der Waals surface area contributed by atoms with Crippen LogP contribution in [-0.4, -0.2) is 48.1 Å². The highest BCUT2D eigenvalue weighted by Gasteiger charge is 2.28. The number of carbonyl (C=O) groups excluding carboxylic acids is 2. The van der Waals surface area contributed by atoms with Crippen molar-refractivity contribution in [2.75, 3.05) is 26.3 Å². The maximum absolute atomic E-state index is 12.9. The van der Waals surface area contributed by atoms with Gasteiger partial charge in [0.15, 0.2) is 0 Å². The summed E-state index contributed by atoms with van der Waals surface area (Å²) in [5, 5.41) is 0. The van der Waals surface area contributed by atoms with E-state index in [2.05, 4.69) is 4.98 Å². The van der Waals surface area contributed by atoms with Crippen molar-refractivity contribution < 1.29 is 19.1 Å². The topological polar surface area (TPSA) is 68.7 Å². The van der Waals surface area contributed by atoms with Gasteiger partial charge in [0.1, 0.15) is 5.75 Å². The number of carbonyl (C=O) groups is 2.